The molecule has 1 amide bonds. The van der Waals surface area contributed by atoms with Gasteiger partial charge in [-0.2, -0.15) is 5.10 Å². The summed E-state index contributed by atoms with van der Waals surface area (Å²) in [5, 5.41) is 17.4. The lowest BCUT2D eigenvalue weighted by Crippen LogP contribution is -2.33. The molecule has 204 valence electrons. The molecule has 3 aromatic rings. The maximum absolute atomic E-state index is 15.1. The molecule has 1 aromatic carbocycles. The van der Waals surface area contributed by atoms with Crippen LogP contribution in [0.5, 0.6) is 0 Å². The predicted molar refractivity (Wildman–Crippen MR) is 138 cm³/mol. The number of benzene rings is 1. The number of ketones is 1. The van der Waals surface area contributed by atoms with Crippen LogP contribution >= 0.6 is 0 Å². The molecule has 4 rings (SSSR count). The van der Waals surface area contributed by atoms with Gasteiger partial charge in [0.15, 0.2) is 11.4 Å². The summed E-state index contributed by atoms with van der Waals surface area (Å²) >= 11 is 0. The van der Waals surface area contributed by atoms with E-state index in [4.69, 9.17) is 0 Å². The van der Waals surface area contributed by atoms with Crippen molar-refractivity contribution >= 4 is 28.4 Å². The molecule has 2 aromatic heterocycles. The third kappa shape index (κ3) is 5.45. The van der Waals surface area contributed by atoms with Crippen LogP contribution in [0.15, 0.2) is 24.4 Å². The van der Waals surface area contributed by atoms with Crippen LogP contribution < -0.4 is 5.32 Å². The molecule has 38 heavy (non-hydrogen) atoms. The highest BCUT2D eigenvalue weighted by Crippen LogP contribution is 2.37. The van der Waals surface area contributed by atoms with Gasteiger partial charge < -0.3 is 10.4 Å². The van der Waals surface area contributed by atoms with Crippen LogP contribution in [-0.4, -0.2) is 38.0 Å². The lowest BCUT2D eigenvalue weighted by atomic mass is 9.78. The average Bonchev–Trinajstić information content (AvgIpc) is 3.22. The largest absolute Gasteiger partial charge is 0.378 e. The number of nitrogens with one attached hydrogen (secondary N) is 1. The van der Waals surface area contributed by atoms with Gasteiger partial charge in [0.25, 0.3) is 6.43 Å². The number of nitrogens with zero attached hydrogens (tertiary/aromatic N) is 3. The minimum absolute atomic E-state index is 0.0736. The van der Waals surface area contributed by atoms with E-state index in [2.05, 4.69) is 15.4 Å². The number of aromatic nitrogens is 3. The van der Waals surface area contributed by atoms with E-state index in [1.165, 1.54) is 19.2 Å². The molecule has 1 fully saturated rings. The summed E-state index contributed by atoms with van der Waals surface area (Å²) in [6, 6.07) is 4.39. The Kier molecular flexibility index (Phi) is 7.92. The second kappa shape index (κ2) is 10.8. The van der Waals surface area contributed by atoms with Gasteiger partial charge in [-0.15, -0.1) is 0 Å². The number of anilines is 1. The smallest absolute Gasteiger partial charge is 0.272 e. The van der Waals surface area contributed by atoms with E-state index in [0.29, 0.717) is 36.0 Å². The molecule has 7 nitrogen and oxygen atoms in total. The minimum atomic E-state index is -3.11. The van der Waals surface area contributed by atoms with Crippen molar-refractivity contribution in [2.24, 2.45) is 18.9 Å². The van der Waals surface area contributed by atoms with Crippen LogP contribution in [-0.2, 0) is 22.2 Å². The van der Waals surface area contributed by atoms with Crippen LogP contribution in [0.3, 0.4) is 0 Å². The van der Waals surface area contributed by atoms with Crippen LogP contribution in [0.1, 0.15) is 63.6 Å². The van der Waals surface area contributed by atoms with E-state index in [1.807, 2.05) is 6.92 Å². The van der Waals surface area contributed by atoms with E-state index in [1.54, 1.807) is 19.2 Å². The first-order chi connectivity index (χ1) is 17.9. The Bertz CT molecular complexity index is 1370. The van der Waals surface area contributed by atoms with E-state index in [-0.39, 0.29) is 45.9 Å². The van der Waals surface area contributed by atoms with Crippen molar-refractivity contribution in [1.82, 2.24) is 14.8 Å². The molecule has 0 aliphatic heterocycles. The summed E-state index contributed by atoms with van der Waals surface area (Å²) in [6.45, 7) is 4.58. The minimum Gasteiger partial charge on any atom is -0.378 e. The number of pyridine rings is 1. The van der Waals surface area contributed by atoms with Gasteiger partial charge in [0.2, 0.25) is 5.91 Å². The van der Waals surface area contributed by atoms with Crippen LogP contribution in [0.2, 0.25) is 0 Å². The summed E-state index contributed by atoms with van der Waals surface area (Å²) < 4.78 is 43.5. The Labute approximate surface area is 219 Å². The molecular formula is C28H33F3N4O3. The van der Waals surface area contributed by atoms with Crippen molar-refractivity contribution in [2.75, 3.05) is 5.32 Å². The Morgan fingerprint density at radius 1 is 1.26 bits per heavy atom. The molecule has 0 spiro atoms. The van der Waals surface area contributed by atoms with Gasteiger partial charge in [-0.25, -0.2) is 18.2 Å². The van der Waals surface area contributed by atoms with Gasteiger partial charge in [-0.1, -0.05) is 13.3 Å². The van der Waals surface area contributed by atoms with Crippen molar-refractivity contribution in [1.29, 1.82) is 0 Å². The van der Waals surface area contributed by atoms with Gasteiger partial charge >= 0.3 is 0 Å². The van der Waals surface area contributed by atoms with Crippen molar-refractivity contribution < 1.29 is 27.9 Å². The highest BCUT2D eigenvalue weighted by molar-refractivity contribution is 5.93. The molecule has 3 atom stereocenters. The average molecular weight is 531 g/mol. The maximum atomic E-state index is 15.1. The third-order valence-corrected chi connectivity index (χ3v) is 7.53. The van der Waals surface area contributed by atoms with E-state index < -0.39 is 17.8 Å². The highest BCUT2D eigenvalue weighted by atomic mass is 19.3. The molecule has 2 heterocycles. The number of carbonyl (C=O) groups is 2. The number of aliphatic hydroxyl groups is 1. The maximum Gasteiger partial charge on any atom is 0.272 e. The van der Waals surface area contributed by atoms with Crippen molar-refractivity contribution in [3.05, 3.63) is 41.5 Å². The Hall–Kier alpha value is -3.27. The van der Waals surface area contributed by atoms with Crippen LogP contribution in [0.25, 0.3) is 22.0 Å². The normalized spacial score (nSPS) is 19.5. The fourth-order valence-electron chi connectivity index (χ4n) is 5.43. The number of alkyl halides is 2. The lowest BCUT2D eigenvalue weighted by molar-refractivity contribution is -0.123. The zero-order valence-corrected chi connectivity index (χ0v) is 22.0. The first kappa shape index (κ1) is 27.8. The first-order valence-corrected chi connectivity index (χ1v) is 12.9. The molecular weight excluding hydrogens is 497 g/mol. The monoisotopic (exact) mass is 530 g/mol. The Morgan fingerprint density at radius 3 is 2.68 bits per heavy atom. The number of Topliss-reactive ketones (excluding diaryl/α,β-unsaturated/α-hetero) is 1. The topological polar surface area (TPSA) is 97.1 Å². The number of rotatable bonds is 8. The predicted octanol–water partition coefficient (Wildman–Crippen LogP) is 5.67. The molecule has 1 saturated carbocycles. The molecule has 1 aliphatic rings. The zero-order chi connectivity index (χ0) is 27.8. The van der Waals surface area contributed by atoms with Crippen molar-refractivity contribution in [3.63, 3.8) is 0 Å². The molecule has 2 N–H and O–H groups in total. The number of hydrogen-bond acceptors (Lipinski definition) is 5. The SMILES string of the molecule is CCC(=O)C[C@@H]1CCC[C@H](C(=O)Nc2cc(-c3cc(F)c4nn(C)c([C@](C)(O)C(F)F)c4c3)c(C)cn2)C1. The van der Waals surface area contributed by atoms with E-state index in [9.17, 15) is 23.5 Å². The van der Waals surface area contributed by atoms with Crippen LogP contribution in [0.4, 0.5) is 19.0 Å². The standard InChI is InChI=1S/C28H33F3N4O3/c1-5-19(36)10-16-7-6-8-17(9-16)26(37)33-23-13-20(15(2)14-32-23)18-11-21-24(22(29)12-18)34-35(4)25(21)28(3,38)27(30)31/h11-14,16-17,27,38H,5-10H2,1-4H3,(H,32,33,37)/t16-,17+,28+/m1/s1. The second-order valence-corrected chi connectivity index (χ2v) is 10.5. The lowest BCUT2D eigenvalue weighted by Gasteiger charge is -2.28. The van der Waals surface area contributed by atoms with Gasteiger partial charge in [-0.05, 0) is 73.9 Å². The highest BCUT2D eigenvalue weighted by Gasteiger charge is 2.39. The number of amides is 1. The quantitative estimate of drug-likeness (QED) is 0.391. The zero-order valence-electron chi connectivity index (χ0n) is 22.0. The Balaban J connectivity index is 1.64. The number of halogens is 3. The van der Waals surface area contributed by atoms with Crippen molar-refractivity contribution in [2.45, 2.75) is 71.3 Å². The molecule has 0 radical (unpaired) electrons. The van der Waals surface area contributed by atoms with Gasteiger partial charge in [0, 0.05) is 37.4 Å². The number of hydrogen-bond donors (Lipinski definition) is 2. The summed E-state index contributed by atoms with van der Waals surface area (Å²) in [5.74, 6) is -0.437. The van der Waals surface area contributed by atoms with Gasteiger partial charge in [0.05, 0.1) is 5.69 Å². The van der Waals surface area contributed by atoms with E-state index in [0.717, 1.165) is 30.9 Å². The first-order valence-electron chi connectivity index (χ1n) is 12.9. The van der Waals surface area contributed by atoms with Gasteiger partial charge in [0.1, 0.15) is 17.1 Å². The van der Waals surface area contributed by atoms with Gasteiger partial charge in [-0.3, -0.25) is 14.3 Å². The summed E-state index contributed by atoms with van der Waals surface area (Å²) in [6.07, 6.45) is 2.62. The summed E-state index contributed by atoms with van der Waals surface area (Å²) in [5.41, 5.74) is -1.25. The van der Waals surface area contributed by atoms with Crippen molar-refractivity contribution in [3.8, 4) is 11.1 Å². The Morgan fingerprint density at radius 2 is 2.00 bits per heavy atom. The van der Waals surface area contributed by atoms with E-state index >= 15 is 4.39 Å². The number of carbonyl (C=O) groups excluding carboxylic acids is 2. The van der Waals surface area contributed by atoms with Crippen LogP contribution in [0, 0.1) is 24.6 Å². The molecule has 0 unspecified atom stereocenters. The summed E-state index contributed by atoms with van der Waals surface area (Å²) in [7, 11) is 1.38. The fraction of sp³-hybridized carbons (Fsp3) is 0.500. The molecule has 0 bridgehead atoms. The summed E-state index contributed by atoms with van der Waals surface area (Å²) in [4.78, 5) is 29.2. The fourth-order valence-corrected chi connectivity index (χ4v) is 5.43. The second-order valence-electron chi connectivity index (χ2n) is 10.5. The third-order valence-electron chi connectivity index (χ3n) is 7.53. The molecule has 1 aliphatic carbocycles. The molecule has 0 saturated heterocycles. The molecule has 10 heteroatoms. The number of aryl methyl sites for hydroxylation is 2. The number of fused-ring (bicyclic) bond motifs is 1.